The van der Waals surface area contributed by atoms with E-state index in [9.17, 15) is 9.59 Å². The molecule has 8 N–H and O–H groups in total. The van der Waals surface area contributed by atoms with E-state index < -0.39 is 35.4 Å². The molecular weight excluding hydrogens is 508 g/mol. The summed E-state index contributed by atoms with van der Waals surface area (Å²) in [7, 11) is -14.7. The predicted octanol–water partition coefficient (Wildman–Crippen LogP) is -6.98. The van der Waals surface area contributed by atoms with E-state index in [4.69, 9.17) is 67.9 Å². The first kappa shape index (κ1) is 40.3. The molecule has 0 atom stereocenters. The van der Waals surface area contributed by atoms with Gasteiger partial charge in [-0.05, 0) is 12.1 Å². The van der Waals surface area contributed by atoms with Crippen LogP contribution in [-0.4, -0.2) is 74.6 Å². The molecule has 0 unspecified atom stereocenters. The largest absolute Gasteiger partial charge is 2.00 e. The molecule has 29 heavy (non-hydrogen) atoms. The van der Waals surface area contributed by atoms with Gasteiger partial charge in [-0.1, -0.05) is 12.1 Å². The number of aromatic carboxylic acids is 2. The van der Waals surface area contributed by atoms with Crippen molar-refractivity contribution in [3.8, 4) is 0 Å². The minimum absolute atomic E-state index is 0. The Bertz CT molecular complexity index is 647. The molecule has 0 aliphatic rings. The van der Waals surface area contributed by atoms with Crippen LogP contribution in [-0.2, 0) is 13.7 Å². The van der Waals surface area contributed by atoms with Gasteiger partial charge < -0.3 is 54.3 Å². The number of hydrogen-bond acceptors (Lipinski definition) is 8. The maximum Gasteiger partial charge on any atom is 2.00 e. The average molecular weight is 520 g/mol. The second kappa shape index (κ2) is 18.5. The average Bonchev–Trinajstić information content (AvgIpc) is 2.32. The summed E-state index contributed by atoms with van der Waals surface area (Å²) in [5, 5.41) is 17.1. The zero-order valence-corrected chi connectivity index (χ0v) is 21.4. The van der Waals surface area contributed by atoms with Gasteiger partial charge in [-0.25, -0.2) is 9.59 Å². The van der Waals surface area contributed by atoms with Gasteiger partial charge in [-0.2, -0.15) is 0 Å². The fraction of sp³-hybridized carbons (Fsp3) is 0. The van der Waals surface area contributed by atoms with E-state index in [1.165, 1.54) is 24.3 Å². The van der Waals surface area contributed by atoms with E-state index in [-0.39, 0.29) is 85.6 Å². The van der Waals surface area contributed by atoms with Crippen molar-refractivity contribution in [2.75, 3.05) is 0 Å². The molecule has 0 bridgehead atoms. The van der Waals surface area contributed by atoms with Crippen LogP contribution in [0.3, 0.4) is 0 Å². The number of benzene rings is 1. The summed E-state index contributed by atoms with van der Waals surface area (Å²) in [4.78, 5) is 89.7. The molecule has 0 aliphatic heterocycles. The zero-order chi connectivity index (χ0) is 22.6. The van der Waals surface area contributed by atoms with Crippen molar-refractivity contribution in [3.63, 3.8) is 0 Å². The summed E-state index contributed by atoms with van der Waals surface area (Å²) in [6.07, 6.45) is 0. The summed E-state index contributed by atoms with van der Waals surface area (Å²) in [5.41, 5.74) is -0.380. The van der Waals surface area contributed by atoms with Crippen molar-refractivity contribution in [1.29, 1.82) is 0 Å². The fourth-order valence-electron chi connectivity index (χ4n) is 0.856. The van der Waals surface area contributed by atoms with E-state index in [0.717, 1.165) is 0 Å². The Morgan fingerprint density at radius 1 is 0.655 bits per heavy atom. The topological polar surface area (TPSA) is 316 Å². The van der Waals surface area contributed by atoms with E-state index >= 15 is 0 Å². The molecule has 0 amide bonds. The van der Waals surface area contributed by atoms with Gasteiger partial charge in [0, 0.05) is 0 Å². The van der Waals surface area contributed by atoms with Gasteiger partial charge >= 0.3 is 86.4 Å². The number of hydrogen-bond donors (Lipinski definition) is 8. The van der Waals surface area contributed by atoms with Crippen molar-refractivity contribution in [2.45, 2.75) is 0 Å². The molecule has 1 aromatic carbocycles. The van der Waals surface area contributed by atoms with Crippen LogP contribution >= 0.6 is 23.5 Å². The van der Waals surface area contributed by atoms with E-state index in [1.54, 1.807) is 0 Å². The van der Waals surface area contributed by atoms with Gasteiger partial charge in [0.25, 0.3) is 23.5 Å². The Morgan fingerprint density at radius 3 is 0.897 bits per heavy atom. The first-order valence-electron chi connectivity index (χ1n) is 5.48. The van der Waals surface area contributed by atoms with Crippen molar-refractivity contribution >= 4 is 58.5 Å². The van der Waals surface area contributed by atoms with Gasteiger partial charge in [-0.3, -0.25) is 13.7 Å². The van der Waals surface area contributed by atoms with Crippen LogP contribution in [0.4, 0.5) is 0 Å². The molecule has 0 aliphatic carbocycles. The predicted molar refractivity (Wildman–Crippen MR) is 82.2 cm³/mol. The zero-order valence-electron chi connectivity index (χ0n) is 14.2. The quantitative estimate of drug-likeness (QED) is 0.133. The first-order valence-corrected chi connectivity index (χ1v) is 10.1. The minimum Gasteiger partial charge on any atom is -0.756 e. The fourth-order valence-corrected chi connectivity index (χ4v) is 0.856. The number of rotatable bonds is 2. The molecule has 0 radical (unpaired) electrons. The molecule has 1 rings (SSSR count). The molecule has 0 saturated carbocycles. The Labute approximate surface area is 220 Å². The van der Waals surface area contributed by atoms with Crippen LogP contribution in [0.15, 0.2) is 24.3 Å². The molecule has 0 spiro atoms. The third-order valence-corrected chi connectivity index (χ3v) is 1.39. The van der Waals surface area contributed by atoms with Gasteiger partial charge in [0.15, 0.2) is 0 Å². The van der Waals surface area contributed by atoms with Crippen molar-refractivity contribution in [2.24, 2.45) is 0 Å². The van der Waals surface area contributed by atoms with Gasteiger partial charge in [0.1, 0.15) is 0 Å². The molecule has 16 nitrogen and oxygen atoms in total. The van der Waals surface area contributed by atoms with E-state index in [1.807, 2.05) is 0 Å². The van der Waals surface area contributed by atoms with Gasteiger partial charge in [-0.15, -0.1) is 0 Å². The Kier molecular flexibility index (Phi) is 25.6. The number of phosphoric acid groups is 3. The molecule has 158 valence electrons. The van der Waals surface area contributed by atoms with Crippen LogP contribution in [0.25, 0.3) is 0 Å². The van der Waals surface area contributed by atoms with Gasteiger partial charge in [0.2, 0.25) is 0 Å². The van der Waals surface area contributed by atoms with Crippen LogP contribution in [0.5, 0.6) is 0 Å². The molecule has 0 aromatic heterocycles. The summed E-state index contributed by atoms with van der Waals surface area (Å²) in [6.45, 7) is 0. The maximum absolute atomic E-state index is 10.5. The third-order valence-electron chi connectivity index (χ3n) is 1.39. The molecule has 0 fully saturated rings. The van der Waals surface area contributed by atoms with Crippen molar-refractivity contribution < 1.29 is 129 Å². The smallest absolute Gasteiger partial charge is 0.756 e. The van der Waals surface area contributed by atoms with Gasteiger partial charge in [0.05, 0.1) is 11.1 Å². The van der Waals surface area contributed by atoms with E-state index in [0.29, 0.717) is 0 Å². The maximum atomic E-state index is 10.5. The minimum atomic E-state index is -4.89. The Morgan fingerprint density at radius 2 is 0.793 bits per heavy atom. The van der Waals surface area contributed by atoms with E-state index in [2.05, 4.69) is 0 Å². The second-order valence-corrected chi connectivity index (χ2v) is 6.57. The number of carbonyl (C=O) groups is 2. The molecule has 0 saturated heterocycles. The second-order valence-electron chi connectivity index (χ2n) is 3.63. The van der Waals surface area contributed by atoms with Crippen LogP contribution < -0.4 is 66.1 Å². The normalized spacial score (nSPS) is 9.97. The number of carboxylic acids is 2. The standard InChI is InChI=1S/C8H6O4.K.Mg.3H3O4P/c9-7(10)5-3-1-2-4-6(5)8(11)12;;;3*1-5(2,3)4/h1-4H,(H,9,10)(H,11,12);;;3*(H3,1,2,3,4)/q;+1;+2;;;/p-3. The summed E-state index contributed by atoms with van der Waals surface area (Å²) in [5.74, 6) is -2.46. The van der Waals surface area contributed by atoms with Crippen molar-refractivity contribution in [3.05, 3.63) is 35.4 Å². The SMILES string of the molecule is O=C(O)c1ccccc1C(=O)O.O=P([O-])(O)O.O=P([O-])(O)O.O=P([O-])(O)O.[K+].[Mg+2]. The van der Waals surface area contributed by atoms with Crippen LogP contribution in [0.1, 0.15) is 20.7 Å². The Balaban J connectivity index is -0.0000000965. The first-order chi connectivity index (χ1) is 11.6. The van der Waals surface area contributed by atoms with Crippen LogP contribution in [0, 0.1) is 0 Å². The third kappa shape index (κ3) is 52.8. The molecule has 1 aromatic rings. The molecule has 0 heterocycles. The molecular formula is C8H12KMgO16P3. The summed E-state index contributed by atoms with van der Waals surface area (Å²) >= 11 is 0. The summed E-state index contributed by atoms with van der Waals surface area (Å²) < 4.78 is 26.3. The molecule has 21 heteroatoms. The monoisotopic (exact) mass is 520 g/mol. The Hall–Kier alpha value is 0.893. The van der Waals surface area contributed by atoms with Crippen molar-refractivity contribution in [1.82, 2.24) is 0 Å². The number of carboxylic acid groups (broad SMARTS) is 2. The summed E-state index contributed by atoms with van der Waals surface area (Å²) in [6, 6.07) is 5.48. The van der Waals surface area contributed by atoms with Crippen LogP contribution in [0.2, 0.25) is 0 Å².